The van der Waals surface area contributed by atoms with Gasteiger partial charge in [0, 0.05) is 10.2 Å². The van der Waals surface area contributed by atoms with Crippen LogP contribution in [0, 0.1) is 6.92 Å². The van der Waals surface area contributed by atoms with E-state index in [2.05, 4.69) is 79.2 Å². The van der Waals surface area contributed by atoms with E-state index in [0.717, 1.165) is 5.75 Å². The number of aryl methyl sites for hydroxylation is 1. The molecule has 0 bridgehead atoms. The molecule has 2 heteroatoms. The molecule has 0 saturated heterocycles. The summed E-state index contributed by atoms with van der Waals surface area (Å²) in [4.78, 5) is 0.252. The van der Waals surface area contributed by atoms with E-state index in [1.807, 2.05) is 6.07 Å². The first-order valence-corrected chi connectivity index (χ1v) is 7.72. The van der Waals surface area contributed by atoms with Gasteiger partial charge in [-0.2, -0.15) is 0 Å². The molecule has 106 valence electrons. The Morgan fingerprint density at radius 2 is 1.70 bits per heavy atom. The third kappa shape index (κ3) is 2.90. The van der Waals surface area contributed by atoms with E-state index in [1.165, 1.54) is 16.7 Å². The average molecular weight is 333 g/mol. The van der Waals surface area contributed by atoms with E-state index in [0.29, 0.717) is 0 Å². The molecule has 0 amide bonds. The molecule has 0 radical (unpaired) electrons. The third-order valence-corrected chi connectivity index (χ3v) is 5.54. The molecule has 0 aliphatic heterocycles. The summed E-state index contributed by atoms with van der Waals surface area (Å²) in [6.45, 7) is 6.61. The molecule has 0 spiro atoms. The van der Waals surface area contributed by atoms with Gasteiger partial charge in [0.05, 0.1) is 7.11 Å². The fourth-order valence-electron chi connectivity index (χ4n) is 2.49. The van der Waals surface area contributed by atoms with Gasteiger partial charge in [0.2, 0.25) is 0 Å². The van der Waals surface area contributed by atoms with Crippen molar-refractivity contribution in [1.29, 1.82) is 0 Å². The van der Waals surface area contributed by atoms with E-state index >= 15 is 0 Å². The van der Waals surface area contributed by atoms with Crippen molar-refractivity contribution in [1.82, 2.24) is 0 Å². The van der Waals surface area contributed by atoms with Crippen molar-refractivity contribution in [3.05, 3.63) is 65.2 Å². The topological polar surface area (TPSA) is 9.23 Å². The highest BCUT2D eigenvalue weighted by Gasteiger charge is 2.30. The normalized spacial score (nSPS) is 13.1. The summed E-state index contributed by atoms with van der Waals surface area (Å²) < 4.78 is 5.33. The highest BCUT2D eigenvalue weighted by Crippen LogP contribution is 2.43. The molecule has 0 saturated carbocycles. The van der Waals surface area contributed by atoms with Crippen LogP contribution in [0.4, 0.5) is 0 Å². The minimum Gasteiger partial charge on any atom is -0.496 e. The molecule has 0 N–H and O–H groups in total. The maximum Gasteiger partial charge on any atom is 0.121 e. The predicted molar refractivity (Wildman–Crippen MR) is 88.9 cm³/mol. The van der Waals surface area contributed by atoms with Crippen LogP contribution < -0.4 is 4.74 Å². The zero-order chi connectivity index (χ0) is 14.8. The fraction of sp³-hybridized carbons (Fsp3) is 0.333. The second-order valence-electron chi connectivity index (χ2n) is 5.68. The van der Waals surface area contributed by atoms with Gasteiger partial charge in [-0.1, -0.05) is 72.2 Å². The second kappa shape index (κ2) is 6.01. The number of hydrogen-bond acceptors (Lipinski definition) is 1. The molecular weight excluding hydrogens is 312 g/mol. The Balaban J connectivity index is 2.35. The molecule has 1 nitrogen and oxygen atoms in total. The number of benzene rings is 2. The molecular formula is C18H21BrO. The van der Waals surface area contributed by atoms with Gasteiger partial charge in [-0.15, -0.1) is 0 Å². The first-order chi connectivity index (χ1) is 9.46. The highest BCUT2D eigenvalue weighted by molar-refractivity contribution is 9.09. The van der Waals surface area contributed by atoms with Gasteiger partial charge in [0.25, 0.3) is 0 Å². The Kier molecular flexibility index (Phi) is 4.54. The van der Waals surface area contributed by atoms with Gasteiger partial charge >= 0.3 is 0 Å². The van der Waals surface area contributed by atoms with Crippen LogP contribution in [0.3, 0.4) is 0 Å². The SMILES string of the molecule is COc1ccc(C(Br)C(C)(C)c2ccccc2)cc1C. The largest absolute Gasteiger partial charge is 0.496 e. The van der Waals surface area contributed by atoms with Gasteiger partial charge in [0.15, 0.2) is 0 Å². The summed E-state index contributed by atoms with van der Waals surface area (Å²) in [5.41, 5.74) is 3.79. The Bertz CT molecular complexity index is 575. The molecule has 2 aromatic rings. The van der Waals surface area contributed by atoms with E-state index in [4.69, 9.17) is 4.74 Å². The number of alkyl halides is 1. The maximum absolute atomic E-state index is 5.33. The summed E-state index contributed by atoms with van der Waals surface area (Å²) in [5.74, 6) is 0.936. The van der Waals surface area contributed by atoms with Gasteiger partial charge < -0.3 is 4.74 Å². The van der Waals surface area contributed by atoms with E-state index in [9.17, 15) is 0 Å². The molecule has 0 aromatic heterocycles. The zero-order valence-electron chi connectivity index (χ0n) is 12.5. The summed E-state index contributed by atoms with van der Waals surface area (Å²) in [7, 11) is 1.71. The molecule has 0 heterocycles. The van der Waals surface area contributed by atoms with Gasteiger partial charge in [0.1, 0.15) is 5.75 Å². The van der Waals surface area contributed by atoms with Crippen molar-refractivity contribution in [2.75, 3.05) is 7.11 Å². The predicted octanol–water partition coefficient (Wildman–Crippen LogP) is 5.42. The molecule has 20 heavy (non-hydrogen) atoms. The van der Waals surface area contributed by atoms with Crippen LogP contribution in [0.1, 0.15) is 35.4 Å². The standard InChI is InChI=1S/C18H21BrO/c1-13-12-14(10-11-16(13)20-4)17(19)18(2,3)15-8-6-5-7-9-15/h5-12,17H,1-4H3. The fourth-order valence-corrected chi connectivity index (χ4v) is 3.04. The first-order valence-electron chi connectivity index (χ1n) is 6.81. The van der Waals surface area contributed by atoms with E-state index in [1.54, 1.807) is 7.11 Å². The second-order valence-corrected chi connectivity index (χ2v) is 6.60. The average Bonchev–Trinajstić information content (AvgIpc) is 2.47. The van der Waals surface area contributed by atoms with Crippen LogP contribution in [0.5, 0.6) is 5.75 Å². The van der Waals surface area contributed by atoms with Crippen molar-refractivity contribution >= 4 is 15.9 Å². The molecule has 2 rings (SSSR count). The molecule has 0 fully saturated rings. The van der Waals surface area contributed by atoms with Crippen LogP contribution in [0.15, 0.2) is 48.5 Å². The lowest BCUT2D eigenvalue weighted by Crippen LogP contribution is -2.23. The minimum atomic E-state index is 0.0162. The number of halogens is 1. The van der Waals surface area contributed by atoms with Gasteiger partial charge in [-0.25, -0.2) is 0 Å². The summed E-state index contributed by atoms with van der Waals surface area (Å²) in [6.07, 6.45) is 0. The van der Waals surface area contributed by atoms with Crippen molar-refractivity contribution in [2.45, 2.75) is 31.0 Å². The van der Waals surface area contributed by atoms with Crippen LogP contribution in [-0.4, -0.2) is 7.11 Å². The summed E-state index contributed by atoms with van der Waals surface area (Å²) >= 11 is 3.88. The quantitative estimate of drug-likeness (QED) is 0.679. The molecule has 2 aromatic carbocycles. The van der Waals surface area contributed by atoms with Gasteiger partial charge in [-0.3, -0.25) is 0 Å². The Morgan fingerprint density at radius 3 is 2.25 bits per heavy atom. The monoisotopic (exact) mass is 332 g/mol. The smallest absolute Gasteiger partial charge is 0.121 e. The van der Waals surface area contributed by atoms with Crippen molar-refractivity contribution in [3.8, 4) is 5.75 Å². The molecule has 1 unspecified atom stereocenters. The number of ether oxygens (including phenoxy) is 1. The van der Waals surface area contributed by atoms with Crippen molar-refractivity contribution < 1.29 is 4.74 Å². The Morgan fingerprint density at radius 1 is 1.05 bits per heavy atom. The lowest BCUT2D eigenvalue weighted by atomic mass is 9.79. The Hall–Kier alpha value is -1.28. The first kappa shape index (κ1) is 15.1. The molecule has 0 aliphatic carbocycles. The van der Waals surface area contributed by atoms with E-state index < -0.39 is 0 Å². The zero-order valence-corrected chi connectivity index (χ0v) is 14.1. The highest BCUT2D eigenvalue weighted by atomic mass is 79.9. The number of methoxy groups -OCH3 is 1. The maximum atomic E-state index is 5.33. The van der Waals surface area contributed by atoms with Crippen molar-refractivity contribution in [3.63, 3.8) is 0 Å². The number of hydrogen-bond donors (Lipinski definition) is 0. The molecule has 1 atom stereocenters. The lowest BCUT2D eigenvalue weighted by Gasteiger charge is -2.31. The van der Waals surface area contributed by atoms with Crippen molar-refractivity contribution in [2.24, 2.45) is 0 Å². The van der Waals surface area contributed by atoms with Crippen LogP contribution in [0.25, 0.3) is 0 Å². The summed E-state index contributed by atoms with van der Waals surface area (Å²) in [5, 5.41) is 0. The molecule has 0 aliphatic rings. The van der Waals surface area contributed by atoms with Crippen LogP contribution in [-0.2, 0) is 5.41 Å². The lowest BCUT2D eigenvalue weighted by molar-refractivity contribution is 0.411. The van der Waals surface area contributed by atoms with Crippen LogP contribution in [0.2, 0.25) is 0 Å². The van der Waals surface area contributed by atoms with Crippen LogP contribution >= 0.6 is 15.9 Å². The summed E-state index contributed by atoms with van der Waals surface area (Å²) in [6, 6.07) is 17.0. The van der Waals surface area contributed by atoms with E-state index in [-0.39, 0.29) is 10.2 Å². The van der Waals surface area contributed by atoms with Gasteiger partial charge in [-0.05, 0) is 29.7 Å². The minimum absolute atomic E-state index is 0.0162. The third-order valence-electron chi connectivity index (χ3n) is 3.86. The Labute approximate surface area is 130 Å². The number of rotatable bonds is 4.